The zero-order valence-electron chi connectivity index (χ0n) is 18.4. The van der Waals surface area contributed by atoms with Crippen LogP contribution in [0.1, 0.15) is 64.9 Å². The standard InChI is InChI=1S/C21H35BN2S.C2H6/c1-4-5-19-10-14-23(15-11-19)20-12-16-24(17-13-20)22(3)25-21-8-6-18(2)7-9-21;1-2/h6-9,19-20H,4-5,10-17H2,1-3H3;1-2H3. The number of nitrogens with zero attached hydrogens (tertiary/aromatic N) is 2. The number of aryl methyl sites for hydroxylation is 1. The van der Waals surface area contributed by atoms with Gasteiger partial charge in [0.2, 0.25) is 0 Å². The van der Waals surface area contributed by atoms with E-state index < -0.39 is 0 Å². The molecule has 0 atom stereocenters. The van der Waals surface area contributed by atoms with E-state index in [0.29, 0.717) is 6.13 Å². The van der Waals surface area contributed by atoms with Crippen LogP contribution in [0.3, 0.4) is 0 Å². The van der Waals surface area contributed by atoms with Crippen molar-refractivity contribution in [3.8, 4) is 0 Å². The predicted molar refractivity (Wildman–Crippen MR) is 124 cm³/mol. The van der Waals surface area contributed by atoms with Crippen molar-refractivity contribution in [3.63, 3.8) is 0 Å². The Kier molecular flexibility index (Phi) is 10.3. The van der Waals surface area contributed by atoms with Gasteiger partial charge in [0, 0.05) is 6.04 Å². The molecular weight excluding hydrogens is 347 g/mol. The van der Waals surface area contributed by atoms with E-state index in [0.717, 1.165) is 12.0 Å². The van der Waals surface area contributed by atoms with Gasteiger partial charge in [-0.3, -0.25) is 0 Å². The molecule has 2 aliphatic heterocycles. The van der Waals surface area contributed by atoms with Crippen LogP contribution in [0.25, 0.3) is 0 Å². The Hall–Kier alpha value is -0.445. The molecule has 1 aromatic rings. The summed E-state index contributed by atoms with van der Waals surface area (Å²) >= 11 is 2.01. The third-order valence-electron chi connectivity index (χ3n) is 6.20. The van der Waals surface area contributed by atoms with Crippen molar-refractivity contribution in [1.82, 2.24) is 9.71 Å². The molecule has 0 radical (unpaired) electrons. The highest BCUT2D eigenvalue weighted by atomic mass is 32.2. The van der Waals surface area contributed by atoms with Crippen molar-refractivity contribution >= 4 is 17.7 Å². The minimum absolute atomic E-state index is 0.582. The first-order chi connectivity index (χ1) is 13.2. The molecule has 1 aromatic carbocycles. The predicted octanol–water partition coefficient (Wildman–Crippen LogP) is 6.21. The van der Waals surface area contributed by atoms with Crippen molar-refractivity contribution in [2.24, 2.45) is 5.92 Å². The van der Waals surface area contributed by atoms with E-state index in [1.165, 1.54) is 75.2 Å². The maximum atomic E-state index is 2.81. The van der Waals surface area contributed by atoms with Gasteiger partial charge in [-0.25, -0.2) is 0 Å². The van der Waals surface area contributed by atoms with Gasteiger partial charge < -0.3 is 9.71 Å². The molecule has 27 heavy (non-hydrogen) atoms. The maximum absolute atomic E-state index is 2.81. The van der Waals surface area contributed by atoms with Crippen LogP contribution in [0, 0.1) is 12.8 Å². The molecule has 0 amide bonds. The second-order valence-electron chi connectivity index (χ2n) is 8.07. The summed E-state index contributed by atoms with van der Waals surface area (Å²) in [5.74, 6) is 1.01. The molecule has 0 unspecified atom stereocenters. The fraction of sp³-hybridized carbons (Fsp3) is 0.739. The molecule has 2 saturated heterocycles. The molecule has 4 heteroatoms. The molecule has 0 aliphatic carbocycles. The lowest BCUT2D eigenvalue weighted by atomic mass is 9.86. The molecule has 0 spiro atoms. The van der Waals surface area contributed by atoms with E-state index in [4.69, 9.17) is 0 Å². The SMILES string of the molecule is CC.CCCC1CCN(C2CCN(B(C)Sc3ccc(C)cc3)CC2)CC1. The van der Waals surface area contributed by atoms with Crippen molar-refractivity contribution < 1.29 is 0 Å². The van der Waals surface area contributed by atoms with E-state index >= 15 is 0 Å². The topological polar surface area (TPSA) is 6.48 Å². The van der Waals surface area contributed by atoms with Crippen LogP contribution < -0.4 is 0 Å². The Labute approximate surface area is 173 Å². The van der Waals surface area contributed by atoms with Crippen molar-refractivity contribution in [2.45, 2.75) is 84.0 Å². The number of piperidine rings is 2. The lowest BCUT2D eigenvalue weighted by Gasteiger charge is -2.42. The molecule has 2 aliphatic rings. The Morgan fingerprint density at radius 1 is 0.963 bits per heavy atom. The van der Waals surface area contributed by atoms with Crippen LogP contribution in [0.2, 0.25) is 6.82 Å². The molecule has 3 rings (SSSR count). The van der Waals surface area contributed by atoms with Gasteiger partial charge in [0.05, 0.1) is 0 Å². The monoisotopic (exact) mass is 388 g/mol. The summed E-state index contributed by atoms with van der Waals surface area (Å²) in [6, 6.07) is 9.83. The van der Waals surface area contributed by atoms with Gasteiger partial charge in [-0.1, -0.05) is 58.1 Å². The Bertz CT molecular complexity index is 506. The first kappa shape index (κ1) is 22.8. The van der Waals surface area contributed by atoms with Crippen LogP contribution in [-0.4, -0.2) is 48.1 Å². The lowest BCUT2D eigenvalue weighted by molar-refractivity contribution is 0.0944. The van der Waals surface area contributed by atoms with E-state index in [1.807, 2.05) is 25.5 Å². The summed E-state index contributed by atoms with van der Waals surface area (Å²) in [7, 11) is 0. The lowest BCUT2D eigenvalue weighted by Crippen LogP contribution is -2.50. The summed E-state index contributed by atoms with van der Waals surface area (Å²) in [4.78, 5) is 6.89. The minimum Gasteiger partial charge on any atom is -0.333 e. The normalized spacial score (nSPS) is 20.2. The number of hydrogen-bond donors (Lipinski definition) is 0. The molecule has 0 aromatic heterocycles. The smallest absolute Gasteiger partial charge is 0.293 e. The number of benzene rings is 1. The largest absolute Gasteiger partial charge is 0.333 e. The number of hydrogen-bond acceptors (Lipinski definition) is 3. The second kappa shape index (κ2) is 12.2. The summed E-state index contributed by atoms with van der Waals surface area (Å²) < 4.78 is 0. The fourth-order valence-corrected chi connectivity index (χ4v) is 5.56. The zero-order chi connectivity index (χ0) is 19.6. The molecule has 2 nitrogen and oxygen atoms in total. The molecule has 2 heterocycles. The first-order valence-corrected chi connectivity index (χ1v) is 12.2. The van der Waals surface area contributed by atoms with Crippen LogP contribution >= 0.6 is 11.6 Å². The highest BCUT2D eigenvalue weighted by molar-refractivity contribution is 8.25. The zero-order valence-corrected chi connectivity index (χ0v) is 19.2. The molecule has 0 bridgehead atoms. The number of likely N-dealkylation sites (tertiary alicyclic amines) is 1. The van der Waals surface area contributed by atoms with E-state index in [-0.39, 0.29) is 0 Å². The summed E-state index contributed by atoms with van der Waals surface area (Å²) in [5.41, 5.74) is 1.35. The first-order valence-electron chi connectivity index (χ1n) is 11.4. The molecular formula is C23H41BN2S. The van der Waals surface area contributed by atoms with Crippen LogP contribution in [-0.2, 0) is 0 Å². The van der Waals surface area contributed by atoms with Gasteiger partial charge in [-0.05, 0) is 81.7 Å². The third-order valence-corrected chi connectivity index (χ3v) is 7.39. The van der Waals surface area contributed by atoms with Crippen LogP contribution in [0.5, 0.6) is 0 Å². The average molecular weight is 388 g/mol. The molecule has 0 saturated carbocycles. The summed E-state index contributed by atoms with van der Waals surface area (Å²) in [6.07, 6.45) is 8.98. The average Bonchev–Trinajstić information content (AvgIpc) is 2.72. The quantitative estimate of drug-likeness (QED) is 0.535. The fourth-order valence-electron chi connectivity index (χ4n) is 4.52. The third kappa shape index (κ3) is 7.14. The van der Waals surface area contributed by atoms with Crippen LogP contribution in [0.15, 0.2) is 29.2 Å². The Morgan fingerprint density at radius 2 is 1.56 bits per heavy atom. The summed E-state index contributed by atoms with van der Waals surface area (Å²) in [6.45, 7) is 16.1. The molecule has 0 N–H and O–H groups in total. The van der Waals surface area contributed by atoms with Gasteiger partial charge >= 0.3 is 0 Å². The Morgan fingerprint density at radius 3 is 2.11 bits per heavy atom. The highest BCUT2D eigenvalue weighted by Crippen LogP contribution is 2.29. The molecule has 2 fully saturated rings. The van der Waals surface area contributed by atoms with Crippen molar-refractivity contribution in [3.05, 3.63) is 29.8 Å². The Balaban J connectivity index is 0.00000126. The maximum Gasteiger partial charge on any atom is 0.293 e. The minimum atomic E-state index is 0.582. The number of rotatable bonds is 6. The van der Waals surface area contributed by atoms with E-state index in [1.54, 1.807) is 0 Å². The van der Waals surface area contributed by atoms with Gasteiger partial charge in [-0.2, -0.15) is 11.6 Å². The van der Waals surface area contributed by atoms with E-state index in [9.17, 15) is 0 Å². The van der Waals surface area contributed by atoms with E-state index in [2.05, 4.69) is 54.6 Å². The van der Waals surface area contributed by atoms with Gasteiger partial charge in [0.1, 0.15) is 0 Å². The second-order valence-corrected chi connectivity index (χ2v) is 9.45. The van der Waals surface area contributed by atoms with Crippen LogP contribution in [0.4, 0.5) is 0 Å². The highest BCUT2D eigenvalue weighted by Gasteiger charge is 2.30. The molecule has 152 valence electrons. The van der Waals surface area contributed by atoms with Crippen molar-refractivity contribution in [1.29, 1.82) is 0 Å². The van der Waals surface area contributed by atoms with Gasteiger partial charge in [-0.15, -0.1) is 0 Å². The van der Waals surface area contributed by atoms with Gasteiger partial charge in [0.25, 0.3) is 6.13 Å². The van der Waals surface area contributed by atoms with Gasteiger partial charge in [0.15, 0.2) is 0 Å². The summed E-state index contributed by atoms with van der Waals surface area (Å²) in [5, 5.41) is 0. The van der Waals surface area contributed by atoms with Crippen molar-refractivity contribution in [2.75, 3.05) is 26.2 Å².